The zero-order valence-corrected chi connectivity index (χ0v) is 12.7. The molecule has 0 aliphatic rings. The van der Waals surface area contributed by atoms with E-state index in [0.717, 1.165) is 49.4 Å². The summed E-state index contributed by atoms with van der Waals surface area (Å²) in [6, 6.07) is 6.10. The molecule has 0 heterocycles. The lowest BCUT2D eigenvalue weighted by Gasteiger charge is -2.12. The highest BCUT2D eigenvalue weighted by Gasteiger charge is 2.04. The molecular weight excluding hydrogens is 256 g/mol. The third-order valence-electron chi connectivity index (χ3n) is 2.86. The number of anilines is 1. The van der Waals surface area contributed by atoms with Crippen LogP contribution in [0, 0.1) is 6.92 Å². The Morgan fingerprint density at radius 2 is 2.05 bits per heavy atom. The van der Waals surface area contributed by atoms with Crippen molar-refractivity contribution in [2.45, 2.75) is 33.1 Å². The van der Waals surface area contributed by atoms with Gasteiger partial charge in [0.1, 0.15) is 4.99 Å². The third kappa shape index (κ3) is 6.03. The van der Waals surface area contributed by atoms with E-state index in [1.165, 1.54) is 6.42 Å². The van der Waals surface area contributed by atoms with Crippen molar-refractivity contribution in [2.75, 3.05) is 25.1 Å². The molecule has 0 amide bonds. The highest BCUT2D eigenvalue weighted by molar-refractivity contribution is 7.80. The monoisotopic (exact) mass is 280 g/mol. The van der Waals surface area contributed by atoms with Crippen molar-refractivity contribution >= 4 is 22.9 Å². The van der Waals surface area contributed by atoms with E-state index in [2.05, 4.69) is 18.3 Å². The Morgan fingerprint density at radius 3 is 2.74 bits per heavy atom. The van der Waals surface area contributed by atoms with E-state index in [0.29, 0.717) is 4.99 Å². The predicted molar refractivity (Wildman–Crippen MR) is 85.9 cm³/mol. The van der Waals surface area contributed by atoms with E-state index in [1.807, 2.05) is 19.1 Å². The van der Waals surface area contributed by atoms with Crippen molar-refractivity contribution in [3.05, 3.63) is 29.3 Å². The van der Waals surface area contributed by atoms with Crippen molar-refractivity contribution in [2.24, 2.45) is 5.73 Å². The van der Waals surface area contributed by atoms with Crippen molar-refractivity contribution in [1.29, 1.82) is 0 Å². The summed E-state index contributed by atoms with van der Waals surface area (Å²) in [6.45, 7) is 6.72. The molecule has 0 unspecified atom stereocenters. The summed E-state index contributed by atoms with van der Waals surface area (Å²) in [7, 11) is 0. The molecule has 0 aliphatic carbocycles. The summed E-state index contributed by atoms with van der Waals surface area (Å²) < 4.78 is 5.52. The van der Waals surface area contributed by atoms with Gasteiger partial charge in [-0.3, -0.25) is 0 Å². The summed E-state index contributed by atoms with van der Waals surface area (Å²) in [5, 5.41) is 3.37. The SMILES string of the molecule is CCCCOCCCNc1ccc(C)cc1C(N)=S. The van der Waals surface area contributed by atoms with Gasteiger partial charge >= 0.3 is 0 Å². The number of hydrogen-bond donors (Lipinski definition) is 2. The van der Waals surface area contributed by atoms with E-state index in [-0.39, 0.29) is 0 Å². The van der Waals surface area contributed by atoms with Gasteiger partial charge in [0, 0.05) is 31.0 Å². The van der Waals surface area contributed by atoms with Gasteiger partial charge in [0.15, 0.2) is 0 Å². The van der Waals surface area contributed by atoms with Gasteiger partial charge in [0.2, 0.25) is 0 Å². The Hall–Kier alpha value is -1.13. The second-order valence-corrected chi connectivity index (χ2v) is 5.10. The highest BCUT2D eigenvalue weighted by Crippen LogP contribution is 2.17. The fourth-order valence-electron chi connectivity index (χ4n) is 1.76. The van der Waals surface area contributed by atoms with Crippen LogP contribution in [0.15, 0.2) is 18.2 Å². The molecule has 4 heteroatoms. The molecule has 19 heavy (non-hydrogen) atoms. The van der Waals surface area contributed by atoms with Gasteiger partial charge in [0.05, 0.1) is 0 Å². The lowest BCUT2D eigenvalue weighted by Crippen LogP contribution is -2.14. The second kappa shape index (κ2) is 8.88. The molecule has 0 saturated carbocycles. The Balaban J connectivity index is 2.35. The smallest absolute Gasteiger partial charge is 0.106 e. The first-order chi connectivity index (χ1) is 9.15. The van der Waals surface area contributed by atoms with Crippen LogP contribution in [0.25, 0.3) is 0 Å². The number of unbranched alkanes of at least 4 members (excludes halogenated alkanes) is 1. The number of nitrogens with two attached hydrogens (primary N) is 1. The third-order valence-corrected chi connectivity index (χ3v) is 3.08. The van der Waals surface area contributed by atoms with Gasteiger partial charge in [-0.2, -0.15) is 0 Å². The number of rotatable bonds is 9. The molecule has 0 fully saturated rings. The molecule has 0 bridgehead atoms. The van der Waals surface area contributed by atoms with Gasteiger partial charge in [-0.25, -0.2) is 0 Å². The van der Waals surface area contributed by atoms with Crippen LogP contribution in [-0.4, -0.2) is 24.7 Å². The standard InChI is InChI=1S/C15H24N2OS/c1-3-4-9-18-10-5-8-17-14-7-6-12(2)11-13(14)15(16)19/h6-7,11,17H,3-5,8-10H2,1-2H3,(H2,16,19). The predicted octanol–water partition coefficient (Wildman–Crippen LogP) is 3.25. The molecule has 0 aliphatic heterocycles. The van der Waals surface area contributed by atoms with E-state index < -0.39 is 0 Å². The van der Waals surface area contributed by atoms with Gasteiger partial charge in [-0.1, -0.05) is 37.2 Å². The van der Waals surface area contributed by atoms with Crippen LogP contribution in [0.1, 0.15) is 37.3 Å². The molecule has 1 aromatic carbocycles. The summed E-state index contributed by atoms with van der Waals surface area (Å²) in [4.78, 5) is 0.436. The zero-order chi connectivity index (χ0) is 14.1. The van der Waals surface area contributed by atoms with E-state index in [4.69, 9.17) is 22.7 Å². The van der Waals surface area contributed by atoms with E-state index >= 15 is 0 Å². The quantitative estimate of drug-likeness (QED) is 0.538. The van der Waals surface area contributed by atoms with Gasteiger partial charge in [-0.15, -0.1) is 0 Å². The first-order valence-electron chi connectivity index (χ1n) is 6.87. The molecule has 0 saturated heterocycles. The fourth-order valence-corrected chi connectivity index (χ4v) is 1.93. The topological polar surface area (TPSA) is 47.3 Å². The minimum atomic E-state index is 0.436. The van der Waals surface area contributed by atoms with Crippen LogP contribution in [0.4, 0.5) is 5.69 Å². The van der Waals surface area contributed by atoms with Gasteiger partial charge < -0.3 is 15.8 Å². The van der Waals surface area contributed by atoms with E-state index in [1.54, 1.807) is 0 Å². The van der Waals surface area contributed by atoms with E-state index in [9.17, 15) is 0 Å². The first kappa shape index (κ1) is 15.9. The molecule has 1 rings (SSSR count). The average molecular weight is 280 g/mol. The minimum Gasteiger partial charge on any atom is -0.389 e. The first-order valence-corrected chi connectivity index (χ1v) is 7.28. The number of aryl methyl sites for hydroxylation is 1. The Morgan fingerprint density at radius 1 is 1.32 bits per heavy atom. The van der Waals surface area contributed by atoms with Crippen LogP contribution in [0.3, 0.4) is 0 Å². The number of hydrogen-bond acceptors (Lipinski definition) is 3. The highest BCUT2D eigenvalue weighted by atomic mass is 32.1. The largest absolute Gasteiger partial charge is 0.389 e. The van der Waals surface area contributed by atoms with Crippen molar-refractivity contribution < 1.29 is 4.74 Å². The van der Waals surface area contributed by atoms with Crippen LogP contribution in [0.5, 0.6) is 0 Å². The van der Waals surface area contributed by atoms with Gasteiger partial charge in [-0.05, 0) is 31.9 Å². The second-order valence-electron chi connectivity index (χ2n) is 4.66. The summed E-state index contributed by atoms with van der Waals surface area (Å²) in [5.74, 6) is 0. The maximum Gasteiger partial charge on any atom is 0.106 e. The maximum atomic E-state index is 5.74. The van der Waals surface area contributed by atoms with Crippen LogP contribution in [-0.2, 0) is 4.74 Å². The fraction of sp³-hybridized carbons (Fsp3) is 0.533. The molecule has 106 valence electrons. The average Bonchev–Trinajstić information content (AvgIpc) is 2.39. The summed E-state index contributed by atoms with van der Waals surface area (Å²) >= 11 is 5.07. The normalized spacial score (nSPS) is 10.4. The lowest BCUT2D eigenvalue weighted by atomic mass is 10.1. The minimum absolute atomic E-state index is 0.436. The molecule has 0 spiro atoms. The molecule has 0 aromatic heterocycles. The molecule has 0 atom stereocenters. The molecule has 3 nitrogen and oxygen atoms in total. The number of nitrogens with one attached hydrogen (secondary N) is 1. The molecule has 1 aromatic rings. The molecule has 3 N–H and O–H groups in total. The lowest BCUT2D eigenvalue weighted by molar-refractivity contribution is 0.131. The van der Waals surface area contributed by atoms with Crippen molar-refractivity contribution in [3.63, 3.8) is 0 Å². The van der Waals surface area contributed by atoms with Crippen LogP contribution >= 0.6 is 12.2 Å². The summed E-state index contributed by atoms with van der Waals surface area (Å²) in [5.41, 5.74) is 8.82. The molecule has 0 radical (unpaired) electrons. The number of benzene rings is 1. The van der Waals surface area contributed by atoms with Crippen molar-refractivity contribution in [3.8, 4) is 0 Å². The number of ether oxygens (including phenoxy) is 1. The zero-order valence-electron chi connectivity index (χ0n) is 11.9. The maximum absolute atomic E-state index is 5.74. The van der Waals surface area contributed by atoms with Crippen LogP contribution < -0.4 is 11.1 Å². The Kier molecular flexibility index (Phi) is 7.45. The van der Waals surface area contributed by atoms with Gasteiger partial charge in [0.25, 0.3) is 0 Å². The number of thiocarbonyl (C=S) groups is 1. The van der Waals surface area contributed by atoms with Crippen LogP contribution in [0.2, 0.25) is 0 Å². The molecular formula is C15H24N2OS. The Bertz CT molecular complexity index is 407. The Labute approximate surface area is 121 Å². The summed E-state index contributed by atoms with van der Waals surface area (Å²) in [6.07, 6.45) is 3.30. The van der Waals surface area contributed by atoms with Crippen molar-refractivity contribution in [1.82, 2.24) is 0 Å².